The Balaban J connectivity index is 1.49. The van der Waals surface area contributed by atoms with E-state index in [0.717, 1.165) is 59.1 Å². The fourth-order valence-electron chi connectivity index (χ4n) is 4.13. The lowest BCUT2D eigenvalue weighted by atomic mass is 10.0. The van der Waals surface area contributed by atoms with Crippen LogP contribution in [0, 0.1) is 27.7 Å². The van der Waals surface area contributed by atoms with Crippen LogP contribution in [-0.4, -0.2) is 35.1 Å². The Hall–Kier alpha value is -3.02. The van der Waals surface area contributed by atoms with E-state index in [-0.39, 0.29) is 11.8 Å². The molecule has 0 unspecified atom stereocenters. The Bertz CT molecular complexity index is 859. The van der Waals surface area contributed by atoms with Crippen molar-refractivity contribution in [3.8, 4) is 11.5 Å². The fourth-order valence-corrected chi connectivity index (χ4v) is 4.13. The number of unbranched alkanes of at least 4 members (excludes halogenated alkanes) is 3. The van der Waals surface area contributed by atoms with Gasteiger partial charge in [-0.2, -0.15) is 0 Å². The van der Waals surface area contributed by atoms with E-state index in [2.05, 4.69) is 10.6 Å². The summed E-state index contributed by atoms with van der Waals surface area (Å²) in [7, 11) is 0. The van der Waals surface area contributed by atoms with E-state index in [1.807, 2.05) is 52.0 Å². The SMILES string of the molecule is Cc1cc(CCC(=O)NCCCCCCNC(=O)CCc2cc(C)c(O)c(C)c2)cc(C)c1O. The summed E-state index contributed by atoms with van der Waals surface area (Å²) in [5.41, 5.74) is 5.50. The molecule has 2 rings (SSSR count). The van der Waals surface area contributed by atoms with Crippen LogP contribution in [0.5, 0.6) is 11.5 Å². The Morgan fingerprint density at radius 2 is 0.941 bits per heavy atom. The molecular weight excluding hydrogens is 428 g/mol. The third kappa shape index (κ3) is 9.08. The molecule has 0 aliphatic carbocycles. The van der Waals surface area contributed by atoms with E-state index in [4.69, 9.17) is 0 Å². The van der Waals surface area contributed by atoms with Crippen molar-refractivity contribution < 1.29 is 19.8 Å². The molecule has 0 fully saturated rings. The molecule has 0 aliphatic heterocycles. The average molecular weight is 469 g/mol. The highest BCUT2D eigenvalue weighted by Gasteiger charge is 2.08. The second-order valence-corrected chi connectivity index (χ2v) is 9.27. The van der Waals surface area contributed by atoms with Crippen molar-refractivity contribution in [3.63, 3.8) is 0 Å². The minimum absolute atomic E-state index is 0.0506. The van der Waals surface area contributed by atoms with Crippen LogP contribution in [0.25, 0.3) is 0 Å². The van der Waals surface area contributed by atoms with Gasteiger partial charge in [-0.25, -0.2) is 0 Å². The van der Waals surface area contributed by atoms with Gasteiger partial charge in [-0.15, -0.1) is 0 Å². The maximum absolute atomic E-state index is 12.1. The fraction of sp³-hybridized carbons (Fsp3) is 0.500. The summed E-state index contributed by atoms with van der Waals surface area (Å²) in [6.45, 7) is 8.83. The van der Waals surface area contributed by atoms with Crippen LogP contribution in [0.15, 0.2) is 24.3 Å². The molecule has 6 heteroatoms. The second-order valence-electron chi connectivity index (χ2n) is 9.27. The standard InChI is InChI=1S/C28H40N2O4/c1-19-15-23(16-20(2)27(19)33)9-11-25(31)29-13-7-5-6-8-14-30-26(32)12-10-24-17-21(3)28(34)22(4)18-24/h15-18,33-34H,5-14H2,1-4H3,(H,29,31)(H,30,32). The number of hydrogen-bond acceptors (Lipinski definition) is 4. The normalized spacial score (nSPS) is 10.8. The van der Waals surface area contributed by atoms with Gasteiger partial charge in [-0.1, -0.05) is 37.1 Å². The highest BCUT2D eigenvalue weighted by Crippen LogP contribution is 2.24. The maximum atomic E-state index is 12.1. The van der Waals surface area contributed by atoms with Gasteiger partial charge in [-0.3, -0.25) is 9.59 Å². The summed E-state index contributed by atoms with van der Waals surface area (Å²) in [6, 6.07) is 7.74. The molecule has 6 nitrogen and oxygen atoms in total. The first-order chi connectivity index (χ1) is 16.2. The van der Waals surface area contributed by atoms with Gasteiger partial charge < -0.3 is 20.8 Å². The predicted molar refractivity (Wildman–Crippen MR) is 136 cm³/mol. The molecule has 186 valence electrons. The Morgan fingerprint density at radius 3 is 1.26 bits per heavy atom. The van der Waals surface area contributed by atoms with Crippen molar-refractivity contribution in [3.05, 3.63) is 57.6 Å². The van der Waals surface area contributed by atoms with Gasteiger partial charge in [0.05, 0.1) is 0 Å². The van der Waals surface area contributed by atoms with E-state index in [9.17, 15) is 19.8 Å². The summed E-state index contributed by atoms with van der Waals surface area (Å²) in [5, 5.41) is 25.6. The Morgan fingerprint density at radius 1 is 0.618 bits per heavy atom. The van der Waals surface area contributed by atoms with E-state index < -0.39 is 0 Å². The molecule has 0 bridgehead atoms. The van der Waals surface area contributed by atoms with Crippen LogP contribution in [0.3, 0.4) is 0 Å². The van der Waals surface area contributed by atoms with E-state index >= 15 is 0 Å². The number of aromatic hydroxyl groups is 2. The minimum atomic E-state index is 0.0506. The van der Waals surface area contributed by atoms with Crippen LogP contribution in [0.4, 0.5) is 0 Å². The molecule has 0 saturated heterocycles. The highest BCUT2D eigenvalue weighted by molar-refractivity contribution is 5.76. The molecule has 2 aromatic rings. The van der Waals surface area contributed by atoms with E-state index in [1.165, 1.54) is 0 Å². The average Bonchev–Trinajstić information content (AvgIpc) is 2.79. The summed E-state index contributed by atoms with van der Waals surface area (Å²) >= 11 is 0. The number of carbonyl (C=O) groups is 2. The quantitative estimate of drug-likeness (QED) is 0.321. The molecule has 0 spiro atoms. The zero-order valence-corrected chi connectivity index (χ0v) is 21.1. The molecule has 0 radical (unpaired) electrons. The lowest BCUT2D eigenvalue weighted by molar-refractivity contribution is -0.121. The molecule has 2 aromatic carbocycles. The van der Waals surface area contributed by atoms with E-state index in [1.54, 1.807) is 0 Å². The van der Waals surface area contributed by atoms with Crippen molar-refractivity contribution in [2.24, 2.45) is 0 Å². The van der Waals surface area contributed by atoms with Gasteiger partial charge in [0.15, 0.2) is 0 Å². The number of hydrogen-bond donors (Lipinski definition) is 4. The molecule has 0 aliphatic rings. The van der Waals surface area contributed by atoms with Gasteiger partial charge in [-0.05, 0) is 86.8 Å². The lowest BCUT2D eigenvalue weighted by Crippen LogP contribution is -2.25. The zero-order chi connectivity index (χ0) is 25.1. The monoisotopic (exact) mass is 468 g/mol. The van der Waals surface area contributed by atoms with E-state index in [0.29, 0.717) is 50.3 Å². The molecule has 2 amide bonds. The van der Waals surface area contributed by atoms with Gasteiger partial charge in [0, 0.05) is 25.9 Å². The van der Waals surface area contributed by atoms with Gasteiger partial charge >= 0.3 is 0 Å². The maximum Gasteiger partial charge on any atom is 0.220 e. The first-order valence-corrected chi connectivity index (χ1v) is 12.3. The third-order valence-corrected chi connectivity index (χ3v) is 6.13. The number of aryl methyl sites for hydroxylation is 6. The van der Waals surface area contributed by atoms with Crippen LogP contribution < -0.4 is 10.6 Å². The number of phenols is 2. The number of nitrogens with one attached hydrogen (secondary N) is 2. The molecule has 0 atom stereocenters. The van der Waals surface area contributed by atoms with Crippen LogP contribution >= 0.6 is 0 Å². The largest absolute Gasteiger partial charge is 0.507 e. The highest BCUT2D eigenvalue weighted by atomic mass is 16.3. The Kier molecular flexibility index (Phi) is 10.9. The molecule has 0 saturated carbocycles. The Labute approximate surface area is 203 Å². The molecular formula is C28H40N2O4. The summed E-state index contributed by atoms with van der Waals surface area (Å²) in [5.74, 6) is 0.753. The van der Waals surface area contributed by atoms with Crippen molar-refractivity contribution in [2.45, 2.75) is 79.1 Å². The first-order valence-electron chi connectivity index (χ1n) is 12.3. The molecule has 34 heavy (non-hydrogen) atoms. The zero-order valence-electron chi connectivity index (χ0n) is 21.1. The van der Waals surface area contributed by atoms with Crippen LogP contribution in [-0.2, 0) is 22.4 Å². The van der Waals surface area contributed by atoms with Gasteiger partial charge in [0.1, 0.15) is 11.5 Å². The molecule has 0 heterocycles. The lowest BCUT2D eigenvalue weighted by Gasteiger charge is -2.09. The van der Waals surface area contributed by atoms with Gasteiger partial charge in [0.2, 0.25) is 11.8 Å². The first kappa shape index (κ1) is 27.2. The number of carbonyl (C=O) groups excluding carboxylic acids is 2. The number of rotatable bonds is 13. The smallest absolute Gasteiger partial charge is 0.220 e. The van der Waals surface area contributed by atoms with Crippen LogP contribution in [0.1, 0.15) is 71.9 Å². The third-order valence-electron chi connectivity index (χ3n) is 6.13. The summed E-state index contributed by atoms with van der Waals surface area (Å²) in [6.07, 6.45) is 6.10. The van der Waals surface area contributed by atoms with Crippen molar-refractivity contribution in [2.75, 3.05) is 13.1 Å². The number of amides is 2. The predicted octanol–water partition coefficient (Wildman–Crippen LogP) is 4.69. The van der Waals surface area contributed by atoms with Crippen molar-refractivity contribution in [1.29, 1.82) is 0 Å². The summed E-state index contributed by atoms with van der Waals surface area (Å²) < 4.78 is 0. The van der Waals surface area contributed by atoms with Crippen molar-refractivity contribution >= 4 is 11.8 Å². The summed E-state index contributed by atoms with van der Waals surface area (Å²) in [4.78, 5) is 24.1. The number of phenolic OH excluding ortho intramolecular Hbond substituents is 2. The number of benzene rings is 2. The van der Waals surface area contributed by atoms with Crippen molar-refractivity contribution in [1.82, 2.24) is 10.6 Å². The minimum Gasteiger partial charge on any atom is -0.507 e. The topological polar surface area (TPSA) is 98.7 Å². The molecule has 0 aromatic heterocycles. The van der Waals surface area contributed by atoms with Crippen LogP contribution in [0.2, 0.25) is 0 Å². The molecule has 4 N–H and O–H groups in total. The second kappa shape index (κ2) is 13.6. The van der Waals surface area contributed by atoms with Gasteiger partial charge in [0.25, 0.3) is 0 Å².